The van der Waals surface area contributed by atoms with Crippen LogP contribution in [0, 0.1) is 25.2 Å². The first-order valence-corrected chi connectivity index (χ1v) is 5.80. The topological polar surface area (TPSA) is 61.9 Å². The summed E-state index contributed by atoms with van der Waals surface area (Å²) in [6.07, 6.45) is 1.56. The van der Waals surface area contributed by atoms with Crippen molar-refractivity contribution in [3.63, 3.8) is 0 Å². The van der Waals surface area contributed by atoms with Crippen LogP contribution in [0.15, 0.2) is 28.8 Å². The molecule has 2 heterocycles. The summed E-state index contributed by atoms with van der Waals surface area (Å²) in [5.41, 5.74) is 1.68. The molecule has 0 radical (unpaired) electrons. The number of rotatable bonds is 3. The van der Waals surface area contributed by atoms with Gasteiger partial charge in [0, 0.05) is 11.8 Å². The molecule has 0 fully saturated rings. The minimum atomic E-state index is 0.114. The van der Waals surface area contributed by atoms with Crippen LogP contribution in [0.2, 0.25) is 0 Å². The van der Waals surface area contributed by atoms with Crippen molar-refractivity contribution >= 4 is 5.82 Å². The van der Waals surface area contributed by atoms with E-state index in [1.807, 2.05) is 26.0 Å². The SMILES string of the molecule is Cc1cc([C@@H](C)Nc2ccc(C#N)cn2)c(C)o1. The summed E-state index contributed by atoms with van der Waals surface area (Å²) in [6.45, 7) is 5.94. The highest BCUT2D eigenvalue weighted by Gasteiger charge is 2.12. The van der Waals surface area contributed by atoms with Gasteiger partial charge in [0.05, 0.1) is 11.6 Å². The summed E-state index contributed by atoms with van der Waals surface area (Å²) < 4.78 is 5.51. The van der Waals surface area contributed by atoms with Crippen molar-refractivity contribution in [3.8, 4) is 6.07 Å². The van der Waals surface area contributed by atoms with Gasteiger partial charge in [-0.3, -0.25) is 0 Å². The monoisotopic (exact) mass is 241 g/mol. The van der Waals surface area contributed by atoms with Crippen molar-refractivity contribution in [2.24, 2.45) is 0 Å². The average molecular weight is 241 g/mol. The lowest BCUT2D eigenvalue weighted by molar-refractivity contribution is 0.500. The molecule has 0 aliphatic rings. The lowest BCUT2D eigenvalue weighted by atomic mass is 10.1. The number of nitriles is 1. The van der Waals surface area contributed by atoms with E-state index in [1.54, 1.807) is 18.3 Å². The van der Waals surface area contributed by atoms with E-state index in [1.165, 1.54) is 0 Å². The van der Waals surface area contributed by atoms with Crippen molar-refractivity contribution in [2.45, 2.75) is 26.8 Å². The molecule has 0 saturated carbocycles. The summed E-state index contributed by atoms with van der Waals surface area (Å²) in [5, 5.41) is 12.0. The fourth-order valence-corrected chi connectivity index (χ4v) is 1.93. The van der Waals surface area contributed by atoms with Gasteiger partial charge < -0.3 is 9.73 Å². The molecule has 0 aliphatic carbocycles. The van der Waals surface area contributed by atoms with E-state index < -0.39 is 0 Å². The Morgan fingerprint density at radius 3 is 2.67 bits per heavy atom. The van der Waals surface area contributed by atoms with E-state index in [2.05, 4.69) is 17.2 Å². The molecule has 18 heavy (non-hydrogen) atoms. The van der Waals surface area contributed by atoms with Gasteiger partial charge >= 0.3 is 0 Å². The third-order valence-electron chi connectivity index (χ3n) is 2.80. The molecule has 2 aromatic heterocycles. The van der Waals surface area contributed by atoms with Crippen molar-refractivity contribution in [2.75, 3.05) is 5.32 Å². The van der Waals surface area contributed by atoms with Gasteiger partial charge in [-0.1, -0.05) is 0 Å². The minimum Gasteiger partial charge on any atom is -0.466 e. The number of hydrogen-bond acceptors (Lipinski definition) is 4. The normalized spacial score (nSPS) is 11.9. The van der Waals surface area contributed by atoms with Gasteiger partial charge in [0.1, 0.15) is 23.4 Å². The molecule has 0 aliphatic heterocycles. The Morgan fingerprint density at radius 1 is 1.39 bits per heavy atom. The van der Waals surface area contributed by atoms with E-state index in [4.69, 9.17) is 9.68 Å². The number of nitrogens with zero attached hydrogens (tertiary/aromatic N) is 2. The molecule has 1 N–H and O–H groups in total. The fraction of sp³-hybridized carbons (Fsp3) is 0.286. The smallest absolute Gasteiger partial charge is 0.126 e. The molecule has 2 rings (SSSR count). The maximum absolute atomic E-state index is 8.70. The second-order valence-electron chi connectivity index (χ2n) is 4.28. The lowest BCUT2D eigenvalue weighted by Crippen LogP contribution is -2.08. The molecule has 4 heteroatoms. The molecule has 4 nitrogen and oxygen atoms in total. The third kappa shape index (κ3) is 2.51. The first-order chi connectivity index (χ1) is 8.60. The number of aromatic nitrogens is 1. The zero-order chi connectivity index (χ0) is 13.1. The third-order valence-corrected chi connectivity index (χ3v) is 2.80. The molecular formula is C14H15N3O. The molecular weight excluding hydrogens is 226 g/mol. The quantitative estimate of drug-likeness (QED) is 0.895. The average Bonchev–Trinajstić information content (AvgIpc) is 2.69. The number of anilines is 1. The van der Waals surface area contributed by atoms with Crippen molar-refractivity contribution < 1.29 is 4.42 Å². The summed E-state index contributed by atoms with van der Waals surface area (Å²) in [4.78, 5) is 4.19. The molecule has 1 atom stereocenters. The van der Waals surface area contributed by atoms with Crippen LogP contribution >= 0.6 is 0 Å². The van der Waals surface area contributed by atoms with Crippen molar-refractivity contribution in [1.29, 1.82) is 5.26 Å². The molecule has 0 amide bonds. The highest BCUT2D eigenvalue weighted by molar-refractivity contribution is 5.42. The Hall–Kier alpha value is -2.28. The first kappa shape index (κ1) is 12.2. The number of hydrogen-bond donors (Lipinski definition) is 1. The summed E-state index contributed by atoms with van der Waals surface area (Å²) in [5.74, 6) is 2.57. The van der Waals surface area contributed by atoms with Gasteiger partial charge in [-0.05, 0) is 39.0 Å². The molecule has 2 aromatic rings. The van der Waals surface area contributed by atoms with E-state index >= 15 is 0 Å². The summed E-state index contributed by atoms with van der Waals surface area (Å²) >= 11 is 0. The van der Waals surface area contributed by atoms with E-state index in [-0.39, 0.29) is 6.04 Å². The molecule has 0 aromatic carbocycles. The standard InChI is InChI=1S/C14H15N3O/c1-9-6-13(11(3)18-9)10(2)17-14-5-4-12(7-15)8-16-14/h4-6,8,10H,1-3H3,(H,16,17)/t10-/m1/s1. The second kappa shape index (κ2) is 4.92. The van der Waals surface area contributed by atoms with Crippen LogP contribution < -0.4 is 5.32 Å². The molecule has 0 saturated heterocycles. The zero-order valence-electron chi connectivity index (χ0n) is 10.7. The Kier molecular flexibility index (Phi) is 3.33. The highest BCUT2D eigenvalue weighted by Crippen LogP contribution is 2.24. The number of nitrogens with one attached hydrogen (secondary N) is 1. The maximum Gasteiger partial charge on any atom is 0.126 e. The van der Waals surface area contributed by atoms with Crippen LogP contribution in [0.1, 0.15) is 35.6 Å². The van der Waals surface area contributed by atoms with Gasteiger partial charge in [-0.15, -0.1) is 0 Å². The second-order valence-corrected chi connectivity index (χ2v) is 4.28. The van der Waals surface area contributed by atoms with Crippen LogP contribution in [-0.4, -0.2) is 4.98 Å². The van der Waals surface area contributed by atoms with Gasteiger partial charge in [-0.25, -0.2) is 4.98 Å². The molecule has 0 unspecified atom stereocenters. The first-order valence-electron chi connectivity index (χ1n) is 5.80. The van der Waals surface area contributed by atoms with Crippen LogP contribution in [0.4, 0.5) is 5.82 Å². The predicted octanol–water partition coefficient (Wildman–Crippen LogP) is 3.34. The Labute approximate surface area is 106 Å². The molecule has 92 valence electrons. The van der Waals surface area contributed by atoms with Crippen LogP contribution in [0.5, 0.6) is 0 Å². The number of pyridine rings is 1. The Balaban J connectivity index is 2.13. The number of furan rings is 1. The van der Waals surface area contributed by atoms with Crippen LogP contribution in [0.3, 0.4) is 0 Å². The van der Waals surface area contributed by atoms with Gasteiger partial charge in [0.2, 0.25) is 0 Å². The van der Waals surface area contributed by atoms with Crippen molar-refractivity contribution in [3.05, 3.63) is 47.0 Å². The minimum absolute atomic E-state index is 0.114. The lowest BCUT2D eigenvalue weighted by Gasteiger charge is -2.13. The highest BCUT2D eigenvalue weighted by atomic mass is 16.3. The van der Waals surface area contributed by atoms with E-state index in [9.17, 15) is 0 Å². The predicted molar refractivity (Wildman–Crippen MR) is 69.2 cm³/mol. The fourth-order valence-electron chi connectivity index (χ4n) is 1.93. The molecule has 0 spiro atoms. The Morgan fingerprint density at radius 2 is 2.17 bits per heavy atom. The largest absolute Gasteiger partial charge is 0.466 e. The van der Waals surface area contributed by atoms with Gasteiger partial charge in [0.15, 0.2) is 0 Å². The zero-order valence-corrected chi connectivity index (χ0v) is 10.7. The van der Waals surface area contributed by atoms with E-state index in [0.29, 0.717) is 5.56 Å². The van der Waals surface area contributed by atoms with Gasteiger partial charge in [0.25, 0.3) is 0 Å². The van der Waals surface area contributed by atoms with Crippen LogP contribution in [0.25, 0.3) is 0 Å². The number of aryl methyl sites for hydroxylation is 2. The maximum atomic E-state index is 8.70. The Bertz CT molecular complexity index is 578. The van der Waals surface area contributed by atoms with E-state index in [0.717, 1.165) is 22.9 Å². The summed E-state index contributed by atoms with van der Waals surface area (Å²) in [6, 6.07) is 7.73. The van der Waals surface area contributed by atoms with Gasteiger partial charge in [-0.2, -0.15) is 5.26 Å². The molecule has 0 bridgehead atoms. The van der Waals surface area contributed by atoms with Crippen molar-refractivity contribution in [1.82, 2.24) is 4.98 Å². The summed E-state index contributed by atoms with van der Waals surface area (Å²) in [7, 11) is 0. The van der Waals surface area contributed by atoms with Crippen LogP contribution in [-0.2, 0) is 0 Å².